The van der Waals surface area contributed by atoms with E-state index >= 15 is 0 Å². The smallest absolute Gasteiger partial charge is 0.308 e. The zero-order chi connectivity index (χ0) is 10.9. The highest BCUT2D eigenvalue weighted by atomic mass is 35.5. The van der Waals surface area contributed by atoms with Crippen LogP contribution in [0.2, 0.25) is 15.1 Å². The second-order valence-electron chi connectivity index (χ2n) is 2.29. The van der Waals surface area contributed by atoms with Crippen LogP contribution in [-0.4, -0.2) is 12.0 Å². The third kappa shape index (κ3) is 1.87. The average Bonchev–Trinajstić information content (AvgIpc) is 2.10. The van der Waals surface area contributed by atoms with Crippen LogP contribution >= 0.6 is 34.8 Å². The van der Waals surface area contributed by atoms with Gasteiger partial charge in [0.2, 0.25) is 0 Å². The first-order chi connectivity index (χ1) is 6.49. The molecule has 0 unspecified atom stereocenters. The highest BCUT2D eigenvalue weighted by molar-refractivity contribution is 6.46. The van der Waals surface area contributed by atoms with E-state index in [0.717, 1.165) is 0 Å². The van der Waals surface area contributed by atoms with Crippen molar-refractivity contribution in [1.29, 1.82) is 0 Å². The molecular weight excluding hydrogens is 252 g/mol. The van der Waals surface area contributed by atoms with Crippen LogP contribution in [0.4, 0.5) is 5.69 Å². The van der Waals surface area contributed by atoms with Crippen LogP contribution in [0.25, 0.3) is 0 Å². The van der Waals surface area contributed by atoms with Gasteiger partial charge in [-0.25, -0.2) is 0 Å². The molecule has 1 rings (SSSR count). The molecule has 0 aliphatic rings. The molecule has 0 bridgehead atoms. The Labute approximate surface area is 94.5 Å². The average molecular weight is 256 g/mol. The number of halogens is 3. The Bertz CT molecular complexity index is 394. The maximum absolute atomic E-state index is 10.5. The number of benzene rings is 1. The number of ether oxygens (including phenoxy) is 1. The lowest BCUT2D eigenvalue weighted by molar-refractivity contribution is -0.384. The molecular formula is C7H4Cl3NO3. The summed E-state index contributed by atoms with van der Waals surface area (Å²) in [6.07, 6.45) is 0. The number of hydrogen-bond acceptors (Lipinski definition) is 3. The summed E-state index contributed by atoms with van der Waals surface area (Å²) in [6, 6.07) is 1.24. The topological polar surface area (TPSA) is 52.4 Å². The minimum absolute atomic E-state index is 0.0229. The van der Waals surface area contributed by atoms with Crippen LogP contribution < -0.4 is 4.74 Å². The first kappa shape index (κ1) is 11.4. The van der Waals surface area contributed by atoms with E-state index in [-0.39, 0.29) is 20.8 Å². The van der Waals surface area contributed by atoms with Gasteiger partial charge in [-0.05, 0) is 0 Å². The fraction of sp³-hybridized carbons (Fsp3) is 0.143. The maximum Gasteiger partial charge on any atom is 0.308 e. The predicted molar refractivity (Wildman–Crippen MR) is 54.7 cm³/mol. The fourth-order valence-electron chi connectivity index (χ4n) is 0.880. The third-order valence-electron chi connectivity index (χ3n) is 1.50. The van der Waals surface area contributed by atoms with Gasteiger partial charge in [0.15, 0.2) is 0 Å². The van der Waals surface area contributed by atoms with Gasteiger partial charge in [-0.1, -0.05) is 34.8 Å². The molecule has 1 aromatic rings. The monoisotopic (exact) mass is 255 g/mol. The van der Waals surface area contributed by atoms with Gasteiger partial charge >= 0.3 is 5.69 Å². The van der Waals surface area contributed by atoms with Crippen molar-refractivity contribution in [2.24, 2.45) is 0 Å². The zero-order valence-corrected chi connectivity index (χ0v) is 9.15. The number of nitrogens with zero attached hydrogens (tertiary/aromatic N) is 1. The van der Waals surface area contributed by atoms with Crippen molar-refractivity contribution in [2.45, 2.75) is 0 Å². The standard InChI is InChI=1S/C7H4Cl3NO3/c1-14-4-2-3(8)7(11(12)13)6(10)5(4)9/h2H,1H3. The van der Waals surface area contributed by atoms with E-state index in [1.807, 2.05) is 0 Å². The highest BCUT2D eigenvalue weighted by Crippen LogP contribution is 2.43. The Kier molecular flexibility index (Phi) is 3.42. The minimum Gasteiger partial charge on any atom is -0.495 e. The van der Waals surface area contributed by atoms with E-state index in [1.165, 1.54) is 13.2 Å². The lowest BCUT2D eigenvalue weighted by Crippen LogP contribution is -1.93. The van der Waals surface area contributed by atoms with Crippen molar-refractivity contribution >= 4 is 40.5 Å². The molecule has 0 fully saturated rings. The first-order valence-corrected chi connectivity index (χ1v) is 4.48. The number of nitro benzene ring substituents is 1. The summed E-state index contributed by atoms with van der Waals surface area (Å²) >= 11 is 16.9. The van der Waals surface area contributed by atoms with Crippen molar-refractivity contribution in [3.05, 3.63) is 31.2 Å². The van der Waals surface area contributed by atoms with E-state index in [2.05, 4.69) is 0 Å². The van der Waals surface area contributed by atoms with Crippen LogP contribution in [0, 0.1) is 10.1 Å². The second kappa shape index (κ2) is 4.21. The van der Waals surface area contributed by atoms with Gasteiger partial charge in [-0.3, -0.25) is 10.1 Å². The molecule has 7 heteroatoms. The second-order valence-corrected chi connectivity index (χ2v) is 3.46. The summed E-state index contributed by atoms with van der Waals surface area (Å²) < 4.78 is 4.82. The van der Waals surface area contributed by atoms with Crippen molar-refractivity contribution in [2.75, 3.05) is 7.11 Å². The molecule has 0 N–H and O–H groups in total. The third-order valence-corrected chi connectivity index (χ3v) is 2.63. The molecule has 0 radical (unpaired) electrons. The van der Waals surface area contributed by atoms with Gasteiger partial charge in [0.1, 0.15) is 20.8 Å². The maximum atomic E-state index is 10.5. The van der Waals surface area contributed by atoms with E-state index in [1.54, 1.807) is 0 Å². The molecule has 0 aromatic heterocycles. The van der Waals surface area contributed by atoms with E-state index in [9.17, 15) is 10.1 Å². The molecule has 14 heavy (non-hydrogen) atoms. The molecule has 0 aliphatic heterocycles. The molecule has 1 aromatic carbocycles. The molecule has 0 spiro atoms. The Balaban J connectivity index is 3.49. The molecule has 0 saturated carbocycles. The summed E-state index contributed by atoms with van der Waals surface area (Å²) in [5.41, 5.74) is -0.417. The Morgan fingerprint density at radius 2 is 1.93 bits per heavy atom. The van der Waals surface area contributed by atoms with E-state index < -0.39 is 10.6 Å². The SMILES string of the molecule is COc1cc(Cl)c([N+](=O)[O-])c(Cl)c1Cl. The van der Waals surface area contributed by atoms with Crippen molar-refractivity contribution in [3.63, 3.8) is 0 Å². The lowest BCUT2D eigenvalue weighted by Gasteiger charge is -2.05. The Morgan fingerprint density at radius 1 is 1.36 bits per heavy atom. The Morgan fingerprint density at radius 3 is 2.36 bits per heavy atom. The lowest BCUT2D eigenvalue weighted by atomic mass is 10.3. The van der Waals surface area contributed by atoms with E-state index in [4.69, 9.17) is 39.5 Å². The molecule has 0 atom stereocenters. The van der Waals surface area contributed by atoms with Crippen molar-refractivity contribution < 1.29 is 9.66 Å². The van der Waals surface area contributed by atoms with Gasteiger partial charge in [-0.15, -0.1) is 0 Å². The van der Waals surface area contributed by atoms with E-state index in [0.29, 0.717) is 0 Å². The van der Waals surface area contributed by atoms with Gasteiger partial charge in [0, 0.05) is 6.07 Å². The number of hydrogen-bond donors (Lipinski definition) is 0. The summed E-state index contributed by atoms with van der Waals surface area (Å²) in [5, 5.41) is 10.2. The fourth-order valence-corrected chi connectivity index (χ4v) is 1.68. The summed E-state index contributed by atoms with van der Waals surface area (Å²) in [6.45, 7) is 0. The van der Waals surface area contributed by atoms with Gasteiger partial charge in [0.05, 0.1) is 12.0 Å². The van der Waals surface area contributed by atoms with Crippen molar-refractivity contribution in [1.82, 2.24) is 0 Å². The van der Waals surface area contributed by atoms with Crippen LogP contribution in [-0.2, 0) is 0 Å². The van der Waals surface area contributed by atoms with Gasteiger partial charge in [-0.2, -0.15) is 0 Å². The molecule has 0 saturated heterocycles. The zero-order valence-electron chi connectivity index (χ0n) is 6.88. The summed E-state index contributed by atoms with van der Waals surface area (Å²) in [7, 11) is 1.36. The Hall–Kier alpha value is -0.710. The van der Waals surface area contributed by atoms with Crippen molar-refractivity contribution in [3.8, 4) is 5.75 Å². The largest absolute Gasteiger partial charge is 0.495 e. The number of rotatable bonds is 2. The highest BCUT2D eigenvalue weighted by Gasteiger charge is 2.23. The normalized spacial score (nSPS) is 10.0. The molecule has 0 amide bonds. The molecule has 76 valence electrons. The number of nitro groups is 1. The van der Waals surface area contributed by atoms with Crippen LogP contribution in [0.5, 0.6) is 5.75 Å². The number of methoxy groups -OCH3 is 1. The summed E-state index contributed by atoms with van der Waals surface area (Å²) in [4.78, 5) is 9.83. The molecule has 0 aliphatic carbocycles. The minimum atomic E-state index is -0.698. The predicted octanol–water partition coefficient (Wildman–Crippen LogP) is 3.56. The van der Waals surface area contributed by atoms with Crippen LogP contribution in [0.1, 0.15) is 0 Å². The quantitative estimate of drug-likeness (QED) is 0.462. The summed E-state index contributed by atoms with van der Waals surface area (Å²) in [5.74, 6) is 0.201. The first-order valence-electron chi connectivity index (χ1n) is 3.35. The van der Waals surface area contributed by atoms with Crippen LogP contribution in [0.3, 0.4) is 0 Å². The van der Waals surface area contributed by atoms with Gasteiger partial charge < -0.3 is 4.74 Å². The molecule has 0 heterocycles. The molecule has 4 nitrogen and oxygen atoms in total. The van der Waals surface area contributed by atoms with Gasteiger partial charge in [0.25, 0.3) is 0 Å². The van der Waals surface area contributed by atoms with Crippen LogP contribution in [0.15, 0.2) is 6.07 Å².